The molecule has 1 rings (SSSR count). The standard InChI is InChI=1S/C11H13BrO2/c1-3-4-11(13)14-10-6-5-8(2)7-9(10)12/h5-7H,3-4H2,1-2H3. The minimum atomic E-state index is -0.183. The van der Waals surface area contributed by atoms with E-state index in [0.29, 0.717) is 12.2 Å². The summed E-state index contributed by atoms with van der Waals surface area (Å²) in [6, 6.07) is 5.64. The van der Waals surface area contributed by atoms with Crippen LogP contribution in [-0.4, -0.2) is 5.97 Å². The molecule has 76 valence electrons. The summed E-state index contributed by atoms with van der Waals surface area (Å²) >= 11 is 3.35. The van der Waals surface area contributed by atoms with Crippen molar-refractivity contribution in [2.75, 3.05) is 0 Å². The van der Waals surface area contributed by atoms with E-state index >= 15 is 0 Å². The smallest absolute Gasteiger partial charge is 0.311 e. The molecule has 0 spiro atoms. The number of halogens is 1. The summed E-state index contributed by atoms with van der Waals surface area (Å²) in [6.07, 6.45) is 1.27. The maximum atomic E-state index is 11.2. The van der Waals surface area contributed by atoms with Gasteiger partial charge in [0, 0.05) is 6.42 Å². The Hall–Kier alpha value is -0.830. The predicted octanol–water partition coefficient (Wildman–Crippen LogP) is 3.46. The van der Waals surface area contributed by atoms with Gasteiger partial charge in [0.2, 0.25) is 0 Å². The first-order valence-electron chi connectivity index (χ1n) is 4.60. The van der Waals surface area contributed by atoms with Gasteiger partial charge in [-0.15, -0.1) is 0 Å². The van der Waals surface area contributed by atoms with Gasteiger partial charge in [0.05, 0.1) is 4.47 Å². The molecule has 0 saturated heterocycles. The van der Waals surface area contributed by atoms with Crippen LogP contribution in [0.3, 0.4) is 0 Å². The normalized spacial score (nSPS) is 9.93. The van der Waals surface area contributed by atoms with Crippen LogP contribution in [-0.2, 0) is 4.79 Å². The molecular weight excluding hydrogens is 244 g/mol. The van der Waals surface area contributed by atoms with Crippen molar-refractivity contribution in [3.63, 3.8) is 0 Å². The van der Waals surface area contributed by atoms with E-state index in [1.807, 2.05) is 26.0 Å². The quantitative estimate of drug-likeness (QED) is 0.612. The molecule has 0 atom stereocenters. The van der Waals surface area contributed by atoms with Gasteiger partial charge in [-0.1, -0.05) is 13.0 Å². The summed E-state index contributed by atoms with van der Waals surface area (Å²) in [5, 5.41) is 0. The maximum Gasteiger partial charge on any atom is 0.311 e. The largest absolute Gasteiger partial charge is 0.425 e. The fraction of sp³-hybridized carbons (Fsp3) is 0.364. The third kappa shape index (κ3) is 3.14. The Balaban J connectivity index is 2.72. The van der Waals surface area contributed by atoms with Gasteiger partial charge in [-0.25, -0.2) is 0 Å². The molecule has 0 unspecified atom stereocenters. The first kappa shape index (κ1) is 11.2. The summed E-state index contributed by atoms with van der Waals surface area (Å²) in [6.45, 7) is 3.94. The molecule has 0 amide bonds. The zero-order valence-electron chi connectivity index (χ0n) is 8.34. The number of carbonyl (C=O) groups excluding carboxylic acids is 1. The van der Waals surface area contributed by atoms with Gasteiger partial charge >= 0.3 is 5.97 Å². The van der Waals surface area contributed by atoms with E-state index in [1.54, 1.807) is 6.07 Å². The van der Waals surface area contributed by atoms with E-state index in [4.69, 9.17) is 4.74 Å². The molecule has 0 aliphatic rings. The van der Waals surface area contributed by atoms with Crippen molar-refractivity contribution in [3.8, 4) is 5.75 Å². The van der Waals surface area contributed by atoms with Crippen molar-refractivity contribution in [1.29, 1.82) is 0 Å². The SMILES string of the molecule is CCCC(=O)Oc1ccc(C)cc1Br. The van der Waals surface area contributed by atoms with E-state index in [9.17, 15) is 4.79 Å². The second kappa shape index (κ2) is 5.15. The molecule has 0 N–H and O–H groups in total. The lowest BCUT2D eigenvalue weighted by Crippen LogP contribution is -2.07. The molecule has 14 heavy (non-hydrogen) atoms. The highest BCUT2D eigenvalue weighted by Gasteiger charge is 2.06. The van der Waals surface area contributed by atoms with Crippen LogP contribution in [0.4, 0.5) is 0 Å². The van der Waals surface area contributed by atoms with Gasteiger partial charge < -0.3 is 4.74 Å². The van der Waals surface area contributed by atoms with Crippen LogP contribution in [0.5, 0.6) is 5.75 Å². The van der Waals surface area contributed by atoms with Crippen LogP contribution in [0.1, 0.15) is 25.3 Å². The van der Waals surface area contributed by atoms with Crippen molar-refractivity contribution in [2.45, 2.75) is 26.7 Å². The molecule has 0 heterocycles. The molecule has 0 aliphatic heterocycles. The van der Waals surface area contributed by atoms with Gasteiger partial charge in [0.15, 0.2) is 0 Å². The summed E-state index contributed by atoms with van der Waals surface area (Å²) < 4.78 is 5.98. The molecule has 0 bridgehead atoms. The molecule has 2 nitrogen and oxygen atoms in total. The van der Waals surface area contributed by atoms with E-state index < -0.39 is 0 Å². The highest BCUT2D eigenvalue weighted by atomic mass is 79.9. The van der Waals surface area contributed by atoms with Crippen LogP contribution < -0.4 is 4.74 Å². The zero-order chi connectivity index (χ0) is 10.6. The third-order valence-electron chi connectivity index (χ3n) is 1.77. The lowest BCUT2D eigenvalue weighted by Gasteiger charge is -2.05. The molecule has 1 aromatic rings. The van der Waals surface area contributed by atoms with Gasteiger partial charge in [0.25, 0.3) is 0 Å². The first-order chi connectivity index (χ1) is 6.63. The van der Waals surface area contributed by atoms with Crippen molar-refractivity contribution >= 4 is 21.9 Å². The molecule has 1 aromatic carbocycles. The fourth-order valence-corrected chi connectivity index (χ4v) is 1.64. The van der Waals surface area contributed by atoms with Gasteiger partial charge in [-0.2, -0.15) is 0 Å². The second-order valence-electron chi connectivity index (χ2n) is 3.16. The Bertz CT molecular complexity index is 334. The van der Waals surface area contributed by atoms with Crippen LogP contribution in [0.25, 0.3) is 0 Å². The highest BCUT2D eigenvalue weighted by Crippen LogP contribution is 2.26. The van der Waals surface area contributed by atoms with E-state index in [2.05, 4.69) is 15.9 Å². The number of benzene rings is 1. The lowest BCUT2D eigenvalue weighted by atomic mass is 10.2. The van der Waals surface area contributed by atoms with Crippen molar-refractivity contribution in [2.24, 2.45) is 0 Å². The first-order valence-corrected chi connectivity index (χ1v) is 5.39. The van der Waals surface area contributed by atoms with Gasteiger partial charge in [-0.05, 0) is 47.0 Å². The van der Waals surface area contributed by atoms with Crippen molar-refractivity contribution < 1.29 is 9.53 Å². The Morgan fingerprint density at radius 3 is 2.79 bits per heavy atom. The predicted molar refractivity (Wildman–Crippen MR) is 59.4 cm³/mol. The summed E-state index contributed by atoms with van der Waals surface area (Å²) in [5.41, 5.74) is 1.13. The number of hydrogen-bond acceptors (Lipinski definition) is 2. The molecular formula is C11H13BrO2. The number of rotatable bonds is 3. The van der Waals surface area contributed by atoms with Crippen LogP contribution in [0.15, 0.2) is 22.7 Å². The lowest BCUT2D eigenvalue weighted by molar-refractivity contribution is -0.134. The number of aryl methyl sites for hydroxylation is 1. The Morgan fingerprint density at radius 2 is 2.21 bits per heavy atom. The average Bonchev–Trinajstić information content (AvgIpc) is 2.10. The molecule has 0 aromatic heterocycles. The second-order valence-corrected chi connectivity index (χ2v) is 4.01. The minimum absolute atomic E-state index is 0.183. The van der Waals surface area contributed by atoms with Crippen LogP contribution in [0, 0.1) is 6.92 Å². The average molecular weight is 257 g/mol. The van der Waals surface area contributed by atoms with E-state index in [0.717, 1.165) is 16.5 Å². The van der Waals surface area contributed by atoms with Crippen molar-refractivity contribution in [3.05, 3.63) is 28.2 Å². The maximum absolute atomic E-state index is 11.2. The summed E-state index contributed by atoms with van der Waals surface area (Å²) in [4.78, 5) is 11.2. The number of hydrogen-bond donors (Lipinski definition) is 0. The van der Waals surface area contributed by atoms with Crippen molar-refractivity contribution in [1.82, 2.24) is 0 Å². The van der Waals surface area contributed by atoms with Gasteiger partial charge in [-0.3, -0.25) is 4.79 Å². The number of carbonyl (C=O) groups is 1. The van der Waals surface area contributed by atoms with Gasteiger partial charge in [0.1, 0.15) is 5.75 Å². The molecule has 0 fully saturated rings. The highest BCUT2D eigenvalue weighted by molar-refractivity contribution is 9.10. The molecule has 0 aliphatic carbocycles. The molecule has 0 radical (unpaired) electrons. The van der Waals surface area contributed by atoms with E-state index in [-0.39, 0.29) is 5.97 Å². The molecule has 0 saturated carbocycles. The number of esters is 1. The monoisotopic (exact) mass is 256 g/mol. The topological polar surface area (TPSA) is 26.3 Å². The fourth-order valence-electron chi connectivity index (χ4n) is 1.07. The minimum Gasteiger partial charge on any atom is -0.425 e. The third-order valence-corrected chi connectivity index (χ3v) is 2.39. The Kier molecular flexibility index (Phi) is 4.14. The summed E-state index contributed by atoms with van der Waals surface area (Å²) in [7, 11) is 0. The molecule has 3 heteroatoms. The summed E-state index contributed by atoms with van der Waals surface area (Å²) in [5.74, 6) is 0.408. The van der Waals surface area contributed by atoms with Crippen LogP contribution in [0.2, 0.25) is 0 Å². The number of ether oxygens (including phenoxy) is 1. The van der Waals surface area contributed by atoms with Crippen LogP contribution >= 0.6 is 15.9 Å². The Labute approximate surface area is 92.4 Å². The van der Waals surface area contributed by atoms with E-state index in [1.165, 1.54) is 0 Å². The zero-order valence-corrected chi connectivity index (χ0v) is 9.93. The Morgan fingerprint density at radius 1 is 1.50 bits per heavy atom.